The van der Waals surface area contributed by atoms with Crippen LogP contribution < -0.4 is 10.1 Å². The summed E-state index contributed by atoms with van der Waals surface area (Å²) in [5, 5.41) is 12.0. The number of hydrogen-bond donors (Lipinski definition) is 1. The molecule has 1 aromatic carbocycles. The first-order valence-corrected chi connectivity index (χ1v) is 5.01. The zero-order chi connectivity index (χ0) is 12.3. The Kier molecular flexibility index (Phi) is 2.97. The lowest BCUT2D eigenvalue weighted by Crippen LogP contribution is -2.24. The van der Waals surface area contributed by atoms with Gasteiger partial charge in [0.1, 0.15) is 11.7 Å². The lowest BCUT2D eigenvalue weighted by Gasteiger charge is -2.02. The number of benzene rings is 1. The number of nitriles is 1. The van der Waals surface area contributed by atoms with Crippen molar-refractivity contribution in [3.63, 3.8) is 0 Å². The van der Waals surface area contributed by atoms with Crippen molar-refractivity contribution in [3.05, 3.63) is 30.0 Å². The van der Waals surface area contributed by atoms with Crippen molar-refractivity contribution in [2.24, 2.45) is 0 Å². The average molecular weight is 230 g/mol. The second-order valence-corrected chi connectivity index (χ2v) is 3.33. The summed E-state index contributed by atoms with van der Waals surface area (Å²) in [4.78, 5) is 11.1. The molecule has 2 aromatic rings. The number of nitrogens with zero attached hydrogens (tertiary/aromatic N) is 1. The van der Waals surface area contributed by atoms with E-state index in [9.17, 15) is 4.79 Å². The van der Waals surface area contributed by atoms with Crippen LogP contribution in [-0.2, 0) is 4.79 Å². The zero-order valence-electron chi connectivity index (χ0n) is 9.19. The van der Waals surface area contributed by atoms with E-state index in [2.05, 4.69) is 5.32 Å². The van der Waals surface area contributed by atoms with E-state index in [1.165, 1.54) is 7.05 Å². The van der Waals surface area contributed by atoms with Gasteiger partial charge in [0.15, 0.2) is 12.4 Å². The van der Waals surface area contributed by atoms with Crippen LogP contribution in [0.3, 0.4) is 0 Å². The third kappa shape index (κ3) is 2.06. The fourth-order valence-corrected chi connectivity index (χ4v) is 1.45. The Bertz CT molecular complexity index is 595. The lowest BCUT2D eigenvalue weighted by atomic mass is 10.2. The molecule has 86 valence electrons. The van der Waals surface area contributed by atoms with Crippen molar-refractivity contribution in [1.82, 2.24) is 5.32 Å². The highest BCUT2D eigenvalue weighted by Crippen LogP contribution is 2.32. The molecular weight excluding hydrogens is 220 g/mol. The van der Waals surface area contributed by atoms with Gasteiger partial charge < -0.3 is 14.5 Å². The van der Waals surface area contributed by atoms with Crippen molar-refractivity contribution in [1.29, 1.82) is 5.26 Å². The topological polar surface area (TPSA) is 75.3 Å². The van der Waals surface area contributed by atoms with E-state index in [0.717, 1.165) is 0 Å². The second-order valence-electron chi connectivity index (χ2n) is 3.33. The maximum absolute atomic E-state index is 11.1. The molecule has 0 aliphatic carbocycles. The van der Waals surface area contributed by atoms with Crippen LogP contribution in [0.25, 0.3) is 11.0 Å². The van der Waals surface area contributed by atoms with Gasteiger partial charge in [-0.15, -0.1) is 0 Å². The first-order chi connectivity index (χ1) is 8.26. The molecule has 1 amide bonds. The number of nitrogens with one attached hydrogen (secondary N) is 1. The standard InChI is InChI=1S/C12H10N2O3/c1-14-11(15)7-16-12-8-4-2-3-5-9(8)17-10(12)6-13/h2-5H,7H2,1H3,(H,14,15). The normalized spacial score (nSPS) is 9.88. The SMILES string of the molecule is CNC(=O)COc1c(C#N)oc2ccccc12. The maximum Gasteiger partial charge on any atom is 0.257 e. The molecule has 0 aliphatic rings. The van der Waals surface area contributed by atoms with Crippen LogP contribution in [0.5, 0.6) is 5.75 Å². The Hall–Kier alpha value is -2.48. The Morgan fingerprint density at radius 2 is 2.29 bits per heavy atom. The Balaban J connectivity index is 2.37. The molecule has 0 spiro atoms. The molecule has 0 aliphatic heterocycles. The van der Waals surface area contributed by atoms with Crippen LogP contribution in [0.15, 0.2) is 28.7 Å². The molecule has 2 rings (SSSR count). The summed E-state index contributed by atoms with van der Waals surface area (Å²) >= 11 is 0. The van der Waals surface area contributed by atoms with Crippen molar-refractivity contribution in [2.45, 2.75) is 0 Å². The number of carbonyl (C=O) groups excluding carboxylic acids is 1. The summed E-state index contributed by atoms with van der Waals surface area (Å²) in [6.07, 6.45) is 0. The minimum absolute atomic E-state index is 0.0788. The van der Waals surface area contributed by atoms with Gasteiger partial charge in [-0.3, -0.25) is 4.79 Å². The minimum atomic E-state index is -0.265. The molecule has 0 saturated heterocycles. The summed E-state index contributed by atoms with van der Waals surface area (Å²) in [7, 11) is 1.52. The molecule has 1 heterocycles. The number of rotatable bonds is 3. The molecule has 5 heteroatoms. The fraction of sp³-hybridized carbons (Fsp3) is 0.167. The summed E-state index contributed by atoms with van der Waals surface area (Å²) in [5.41, 5.74) is 0.566. The molecule has 0 unspecified atom stereocenters. The predicted molar refractivity (Wildman–Crippen MR) is 60.5 cm³/mol. The zero-order valence-corrected chi connectivity index (χ0v) is 9.19. The van der Waals surface area contributed by atoms with Gasteiger partial charge in [0.05, 0.1) is 5.39 Å². The molecule has 17 heavy (non-hydrogen) atoms. The van der Waals surface area contributed by atoms with E-state index in [1.54, 1.807) is 18.2 Å². The van der Waals surface area contributed by atoms with Crippen LogP contribution in [0.4, 0.5) is 0 Å². The van der Waals surface area contributed by atoms with Crippen LogP contribution in [0.1, 0.15) is 5.76 Å². The molecule has 0 fully saturated rings. The first-order valence-electron chi connectivity index (χ1n) is 5.01. The Labute approximate surface area is 97.6 Å². The number of ether oxygens (including phenoxy) is 1. The van der Waals surface area contributed by atoms with E-state index in [-0.39, 0.29) is 18.3 Å². The second kappa shape index (κ2) is 4.58. The van der Waals surface area contributed by atoms with E-state index in [4.69, 9.17) is 14.4 Å². The Morgan fingerprint density at radius 1 is 1.53 bits per heavy atom. The first kappa shape index (κ1) is 11.0. The maximum atomic E-state index is 11.1. The molecule has 0 saturated carbocycles. The molecule has 5 nitrogen and oxygen atoms in total. The number of amides is 1. The van der Waals surface area contributed by atoms with Crippen LogP contribution in [0, 0.1) is 11.3 Å². The number of fused-ring (bicyclic) bond motifs is 1. The van der Waals surface area contributed by atoms with Crippen molar-refractivity contribution >= 4 is 16.9 Å². The van der Waals surface area contributed by atoms with Gasteiger partial charge in [0, 0.05) is 7.05 Å². The number of carbonyl (C=O) groups is 1. The van der Waals surface area contributed by atoms with Crippen molar-refractivity contribution in [2.75, 3.05) is 13.7 Å². The highest BCUT2D eigenvalue weighted by molar-refractivity contribution is 5.87. The van der Waals surface area contributed by atoms with Gasteiger partial charge in [-0.05, 0) is 12.1 Å². The summed E-state index contributed by atoms with van der Waals surface area (Å²) in [6.45, 7) is -0.144. The summed E-state index contributed by atoms with van der Waals surface area (Å²) < 4.78 is 10.6. The van der Waals surface area contributed by atoms with Crippen LogP contribution in [-0.4, -0.2) is 19.6 Å². The van der Waals surface area contributed by atoms with Crippen LogP contribution in [0.2, 0.25) is 0 Å². The largest absolute Gasteiger partial charge is 0.478 e. The number of furan rings is 1. The van der Waals surface area contributed by atoms with Crippen molar-refractivity contribution < 1.29 is 13.9 Å². The van der Waals surface area contributed by atoms with Crippen molar-refractivity contribution in [3.8, 4) is 11.8 Å². The molecule has 1 N–H and O–H groups in total. The third-order valence-corrected chi connectivity index (χ3v) is 2.28. The van der Waals surface area contributed by atoms with Gasteiger partial charge in [0.25, 0.3) is 5.91 Å². The number of hydrogen-bond acceptors (Lipinski definition) is 4. The molecule has 1 aromatic heterocycles. The van der Waals surface area contributed by atoms with E-state index in [1.807, 2.05) is 12.1 Å². The summed E-state index contributed by atoms with van der Waals surface area (Å²) in [6, 6.07) is 9.03. The monoisotopic (exact) mass is 230 g/mol. The predicted octanol–water partition coefficient (Wildman–Crippen LogP) is 1.43. The van der Waals surface area contributed by atoms with Gasteiger partial charge in [-0.1, -0.05) is 12.1 Å². The highest BCUT2D eigenvalue weighted by atomic mass is 16.5. The molecule has 0 radical (unpaired) electrons. The smallest absolute Gasteiger partial charge is 0.257 e. The average Bonchev–Trinajstić information content (AvgIpc) is 2.73. The van der Waals surface area contributed by atoms with Gasteiger partial charge in [0.2, 0.25) is 5.76 Å². The van der Waals surface area contributed by atoms with Gasteiger partial charge in [-0.25, -0.2) is 0 Å². The van der Waals surface area contributed by atoms with Gasteiger partial charge in [-0.2, -0.15) is 5.26 Å². The minimum Gasteiger partial charge on any atom is -0.478 e. The Morgan fingerprint density at radius 3 is 3.00 bits per heavy atom. The van der Waals surface area contributed by atoms with Gasteiger partial charge >= 0.3 is 0 Å². The molecular formula is C12H10N2O3. The fourth-order valence-electron chi connectivity index (χ4n) is 1.45. The van der Waals surface area contributed by atoms with Crippen LogP contribution >= 0.6 is 0 Å². The van der Waals surface area contributed by atoms with E-state index >= 15 is 0 Å². The summed E-state index contributed by atoms with van der Waals surface area (Å²) in [5.74, 6) is 0.126. The number of para-hydroxylation sites is 1. The molecule has 0 atom stereocenters. The molecule has 0 bridgehead atoms. The quantitative estimate of drug-likeness (QED) is 0.865. The highest BCUT2D eigenvalue weighted by Gasteiger charge is 2.15. The number of likely N-dealkylation sites (N-methyl/N-ethyl adjacent to an activating group) is 1. The van der Waals surface area contributed by atoms with E-state index < -0.39 is 0 Å². The third-order valence-electron chi connectivity index (χ3n) is 2.28. The van der Waals surface area contributed by atoms with E-state index in [0.29, 0.717) is 16.7 Å². The lowest BCUT2D eigenvalue weighted by molar-refractivity contribution is -0.122.